The summed E-state index contributed by atoms with van der Waals surface area (Å²) in [5.74, 6) is 2.03. The third-order valence-electron chi connectivity index (χ3n) is 3.87. The molecule has 2 aromatic rings. The Morgan fingerprint density at radius 3 is 2.90 bits per heavy atom. The second-order valence-corrected chi connectivity index (χ2v) is 5.65. The first-order valence-corrected chi connectivity index (χ1v) is 7.00. The normalized spacial score (nSPS) is 20.3. The summed E-state index contributed by atoms with van der Waals surface area (Å²) in [6, 6.07) is 6.52. The summed E-state index contributed by atoms with van der Waals surface area (Å²) >= 11 is 0. The van der Waals surface area contributed by atoms with Gasteiger partial charge in [0.2, 0.25) is 5.95 Å². The Morgan fingerprint density at radius 1 is 1.48 bits per heavy atom. The van der Waals surface area contributed by atoms with Crippen molar-refractivity contribution in [2.45, 2.75) is 25.8 Å². The van der Waals surface area contributed by atoms with E-state index < -0.39 is 5.95 Å². The third kappa shape index (κ3) is 2.96. The van der Waals surface area contributed by atoms with E-state index in [9.17, 15) is 9.18 Å². The highest BCUT2D eigenvalue weighted by molar-refractivity contribution is 5.93. The van der Waals surface area contributed by atoms with Gasteiger partial charge in [0.25, 0.3) is 5.91 Å². The van der Waals surface area contributed by atoms with Crippen molar-refractivity contribution in [3.05, 3.63) is 53.5 Å². The zero-order chi connectivity index (χ0) is 15.0. The van der Waals surface area contributed by atoms with Crippen LogP contribution in [0.1, 0.15) is 41.1 Å². The number of carbonyl (C=O) groups excluding carboxylic acids is 1. The molecule has 0 spiro atoms. The Bertz CT molecular complexity index is 668. The summed E-state index contributed by atoms with van der Waals surface area (Å²) in [5.41, 5.74) is 0.285. The minimum atomic E-state index is -0.655. The quantitative estimate of drug-likeness (QED) is 0.812. The first-order valence-electron chi connectivity index (χ1n) is 7.00. The van der Waals surface area contributed by atoms with Crippen LogP contribution in [0, 0.1) is 11.9 Å². The molecule has 110 valence electrons. The molecule has 0 bridgehead atoms. The molecule has 2 aromatic heterocycles. The molecule has 4 nitrogen and oxygen atoms in total. The Hall–Kier alpha value is -2.17. The second kappa shape index (κ2) is 5.31. The van der Waals surface area contributed by atoms with E-state index in [4.69, 9.17) is 4.42 Å². The lowest BCUT2D eigenvalue weighted by Crippen LogP contribution is -2.26. The molecule has 0 aromatic carbocycles. The smallest absolute Gasteiger partial charge is 0.254 e. The van der Waals surface area contributed by atoms with Gasteiger partial charge in [-0.3, -0.25) is 4.79 Å². The molecule has 2 heterocycles. The number of carbonyl (C=O) groups is 1. The lowest BCUT2D eigenvalue weighted by molar-refractivity contribution is 0.0774. The number of rotatable bonds is 4. The van der Waals surface area contributed by atoms with E-state index in [1.165, 1.54) is 17.2 Å². The fourth-order valence-electron chi connectivity index (χ4n) is 2.46. The fraction of sp³-hybridized carbons (Fsp3) is 0.375. The summed E-state index contributed by atoms with van der Waals surface area (Å²) in [4.78, 5) is 17.2. The van der Waals surface area contributed by atoms with Gasteiger partial charge in [-0.25, -0.2) is 4.98 Å². The van der Waals surface area contributed by atoms with Gasteiger partial charge in [0.15, 0.2) is 0 Å². The molecule has 3 rings (SSSR count). The Morgan fingerprint density at radius 2 is 2.24 bits per heavy atom. The molecule has 1 saturated carbocycles. The van der Waals surface area contributed by atoms with Crippen LogP contribution >= 0.6 is 0 Å². The maximum absolute atomic E-state index is 13.1. The average Bonchev–Trinajstić information content (AvgIpc) is 3.01. The monoisotopic (exact) mass is 288 g/mol. The van der Waals surface area contributed by atoms with Crippen molar-refractivity contribution in [3.63, 3.8) is 0 Å². The molecule has 5 heteroatoms. The van der Waals surface area contributed by atoms with Gasteiger partial charge in [-0.05, 0) is 30.5 Å². The average molecular weight is 288 g/mol. The maximum Gasteiger partial charge on any atom is 0.254 e. The van der Waals surface area contributed by atoms with Crippen LogP contribution in [0.4, 0.5) is 4.39 Å². The van der Waals surface area contributed by atoms with E-state index in [0.29, 0.717) is 18.4 Å². The van der Waals surface area contributed by atoms with Crippen molar-refractivity contribution in [1.29, 1.82) is 0 Å². The summed E-state index contributed by atoms with van der Waals surface area (Å²) in [7, 11) is 1.67. The van der Waals surface area contributed by atoms with E-state index in [0.717, 1.165) is 24.0 Å². The summed E-state index contributed by atoms with van der Waals surface area (Å²) in [5, 5.41) is 0. The lowest BCUT2D eigenvalue weighted by Gasteiger charge is -2.15. The first-order chi connectivity index (χ1) is 10.0. The zero-order valence-corrected chi connectivity index (χ0v) is 12.0. The van der Waals surface area contributed by atoms with Gasteiger partial charge in [-0.2, -0.15) is 4.39 Å². The summed E-state index contributed by atoms with van der Waals surface area (Å²) < 4.78 is 18.8. The minimum absolute atomic E-state index is 0.256. The maximum atomic E-state index is 13.1. The van der Waals surface area contributed by atoms with Crippen molar-refractivity contribution < 1.29 is 13.6 Å². The van der Waals surface area contributed by atoms with Crippen LogP contribution in [0.3, 0.4) is 0 Å². The van der Waals surface area contributed by atoms with Crippen molar-refractivity contribution in [2.75, 3.05) is 7.05 Å². The van der Waals surface area contributed by atoms with Crippen LogP contribution in [0.5, 0.6) is 0 Å². The predicted octanol–water partition coefficient (Wildman–Crippen LogP) is 3.21. The number of furan rings is 1. The molecule has 1 aliphatic carbocycles. The van der Waals surface area contributed by atoms with Crippen LogP contribution in [0.2, 0.25) is 0 Å². The molecule has 2 atom stereocenters. The van der Waals surface area contributed by atoms with E-state index in [1.54, 1.807) is 7.05 Å². The Balaban J connectivity index is 1.66. The van der Waals surface area contributed by atoms with E-state index >= 15 is 0 Å². The summed E-state index contributed by atoms with van der Waals surface area (Å²) in [6.07, 6.45) is 2.45. The molecule has 0 N–H and O–H groups in total. The minimum Gasteiger partial charge on any atom is -0.464 e. The van der Waals surface area contributed by atoms with E-state index in [2.05, 4.69) is 11.9 Å². The molecule has 1 fully saturated rings. The van der Waals surface area contributed by atoms with Crippen LogP contribution in [-0.4, -0.2) is 22.8 Å². The predicted molar refractivity (Wildman–Crippen MR) is 75.2 cm³/mol. The number of hydrogen-bond donors (Lipinski definition) is 0. The number of aromatic nitrogens is 1. The summed E-state index contributed by atoms with van der Waals surface area (Å²) in [6.45, 7) is 2.56. The van der Waals surface area contributed by atoms with Gasteiger partial charge in [-0.15, -0.1) is 0 Å². The highest BCUT2D eigenvalue weighted by atomic mass is 19.1. The van der Waals surface area contributed by atoms with Gasteiger partial charge >= 0.3 is 0 Å². The topological polar surface area (TPSA) is 46.3 Å². The molecule has 21 heavy (non-hydrogen) atoms. The van der Waals surface area contributed by atoms with Gasteiger partial charge < -0.3 is 9.32 Å². The van der Waals surface area contributed by atoms with Crippen molar-refractivity contribution in [1.82, 2.24) is 9.88 Å². The molecule has 0 aliphatic heterocycles. The molecule has 0 radical (unpaired) electrons. The molecule has 2 unspecified atom stereocenters. The lowest BCUT2D eigenvalue weighted by atomic mass is 10.2. The number of halogens is 1. The number of hydrogen-bond acceptors (Lipinski definition) is 3. The molecular weight excluding hydrogens is 271 g/mol. The number of pyridine rings is 1. The number of nitrogens with zero attached hydrogens (tertiary/aromatic N) is 2. The third-order valence-corrected chi connectivity index (χ3v) is 3.87. The standard InChI is InChI=1S/C16H17FN2O2/c1-10-7-13(10)14-4-3-12(21-14)9-19(2)16(20)11-5-6-18-15(17)8-11/h3-6,8,10,13H,7,9H2,1-2H3. The van der Waals surface area contributed by atoms with Crippen LogP contribution in [-0.2, 0) is 6.54 Å². The Labute approximate surface area is 122 Å². The van der Waals surface area contributed by atoms with E-state index in [-0.39, 0.29) is 11.5 Å². The van der Waals surface area contributed by atoms with E-state index in [1.807, 2.05) is 12.1 Å². The number of amides is 1. The molecule has 0 saturated heterocycles. The van der Waals surface area contributed by atoms with Crippen molar-refractivity contribution >= 4 is 5.91 Å². The van der Waals surface area contributed by atoms with Crippen molar-refractivity contribution in [3.8, 4) is 0 Å². The SMILES string of the molecule is CC1CC1c1ccc(CN(C)C(=O)c2ccnc(F)c2)o1. The molecule has 1 aliphatic rings. The Kier molecular flexibility index (Phi) is 3.49. The molecule has 1 amide bonds. The highest BCUT2D eigenvalue weighted by Gasteiger charge is 2.36. The zero-order valence-electron chi connectivity index (χ0n) is 12.0. The first kappa shape index (κ1) is 13.8. The van der Waals surface area contributed by atoms with Crippen LogP contribution < -0.4 is 0 Å². The fourth-order valence-corrected chi connectivity index (χ4v) is 2.46. The van der Waals surface area contributed by atoms with Gasteiger partial charge in [0.1, 0.15) is 11.5 Å². The van der Waals surface area contributed by atoms with Crippen LogP contribution in [0.15, 0.2) is 34.9 Å². The molecular formula is C16H17FN2O2. The van der Waals surface area contributed by atoms with Gasteiger partial charge in [-0.1, -0.05) is 6.92 Å². The largest absolute Gasteiger partial charge is 0.464 e. The van der Waals surface area contributed by atoms with Gasteiger partial charge in [0.05, 0.1) is 6.54 Å². The van der Waals surface area contributed by atoms with Gasteiger partial charge in [0, 0.05) is 30.8 Å². The van der Waals surface area contributed by atoms with Crippen LogP contribution in [0.25, 0.3) is 0 Å². The van der Waals surface area contributed by atoms with Crippen molar-refractivity contribution in [2.24, 2.45) is 5.92 Å². The highest BCUT2D eigenvalue weighted by Crippen LogP contribution is 2.47. The second-order valence-electron chi connectivity index (χ2n) is 5.65.